The van der Waals surface area contributed by atoms with Gasteiger partial charge in [0, 0.05) is 16.0 Å². The summed E-state index contributed by atoms with van der Waals surface area (Å²) in [6.07, 6.45) is -1.31. The number of aliphatic carboxylic acids is 1. The summed E-state index contributed by atoms with van der Waals surface area (Å²) in [7, 11) is 0. The quantitative estimate of drug-likeness (QED) is 0.574. The van der Waals surface area contributed by atoms with Crippen molar-refractivity contribution in [1.82, 2.24) is 4.90 Å². The summed E-state index contributed by atoms with van der Waals surface area (Å²) in [5.74, 6) is -1.68. The second kappa shape index (κ2) is 9.26. The number of rotatable bonds is 5. The molecule has 1 heterocycles. The fraction of sp³-hybridized carbons (Fsp3) is 0.440. The first-order chi connectivity index (χ1) is 15.6. The van der Waals surface area contributed by atoms with Crippen LogP contribution >= 0.6 is 23.2 Å². The van der Waals surface area contributed by atoms with Crippen LogP contribution in [0.25, 0.3) is 0 Å². The highest BCUT2D eigenvalue weighted by Gasteiger charge is 2.54. The van der Waals surface area contributed by atoms with Crippen molar-refractivity contribution in [2.45, 2.75) is 62.8 Å². The van der Waals surface area contributed by atoms with E-state index in [0.717, 1.165) is 11.1 Å². The van der Waals surface area contributed by atoms with E-state index in [1.165, 1.54) is 0 Å². The average Bonchev–Trinajstić information content (AvgIpc) is 3.08. The number of nitrogens with zero attached hydrogens (tertiary/aromatic N) is 1. The second-order valence-electron chi connectivity index (χ2n) is 9.41. The predicted molar refractivity (Wildman–Crippen MR) is 125 cm³/mol. The summed E-state index contributed by atoms with van der Waals surface area (Å²) < 4.78 is 0. The molecule has 0 radical (unpaired) electrons. The van der Waals surface area contributed by atoms with Gasteiger partial charge in [-0.1, -0.05) is 54.4 Å². The molecular weight excluding hydrogens is 465 g/mol. The maximum atomic E-state index is 13.9. The normalized spacial score (nSPS) is 32.2. The number of likely N-dealkylation sites (tertiary alicyclic amines) is 1. The van der Waals surface area contributed by atoms with Crippen molar-refractivity contribution < 1.29 is 24.9 Å². The molecule has 0 bridgehead atoms. The first kappa shape index (κ1) is 24.0. The minimum Gasteiger partial charge on any atom is -0.481 e. The van der Waals surface area contributed by atoms with Gasteiger partial charge in [-0.3, -0.25) is 9.59 Å². The number of carbonyl (C=O) groups is 2. The lowest BCUT2D eigenvalue weighted by Crippen LogP contribution is -2.58. The Bertz CT molecular complexity index is 1050. The van der Waals surface area contributed by atoms with Crippen LogP contribution in [-0.4, -0.2) is 50.3 Å². The molecule has 0 unspecified atom stereocenters. The highest BCUT2D eigenvalue weighted by molar-refractivity contribution is 6.30. The fourth-order valence-corrected chi connectivity index (χ4v) is 5.81. The van der Waals surface area contributed by atoms with Gasteiger partial charge in [0.2, 0.25) is 5.91 Å². The number of carbonyl (C=O) groups excluding carboxylic acids is 1. The highest BCUT2D eigenvalue weighted by Crippen LogP contribution is 2.53. The van der Waals surface area contributed by atoms with Gasteiger partial charge in [-0.25, -0.2) is 0 Å². The molecule has 0 aromatic heterocycles. The Kier molecular flexibility index (Phi) is 6.74. The van der Waals surface area contributed by atoms with E-state index in [1.54, 1.807) is 30.0 Å². The zero-order valence-electron chi connectivity index (χ0n) is 18.2. The van der Waals surface area contributed by atoms with Crippen LogP contribution in [0.1, 0.15) is 55.7 Å². The molecule has 3 N–H and O–H groups in total. The molecule has 176 valence electrons. The minimum atomic E-state index is -1.19. The maximum absolute atomic E-state index is 13.9. The Hall–Kier alpha value is -2.12. The monoisotopic (exact) mass is 491 g/mol. The van der Waals surface area contributed by atoms with Crippen molar-refractivity contribution in [3.05, 3.63) is 69.7 Å². The van der Waals surface area contributed by atoms with Gasteiger partial charge >= 0.3 is 5.97 Å². The van der Waals surface area contributed by atoms with Crippen molar-refractivity contribution in [3.63, 3.8) is 0 Å². The summed E-state index contributed by atoms with van der Waals surface area (Å²) in [4.78, 5) is 27.3. The van der Waals surface area contributed by atoms with Crippen LogP contribution in [0, 0.1) is 5.41 Å². The average molecular weight is 492 g/mol. The molecular formula is C25H27Cl2NO5. The van der Waals surface area contributed by atoms with Crippen LogP contribution in [0.5, 0.6) is 0 Å². The number of hydrogen-bond donors (Lipinski definition) is 3. The molecule has 1 amide bonds. The van der Waals surface area contributed by atoms with E-state index in [0.29, 0.717) is 29.3 Å². The van der Waals surface area contributed by atoms with Gasteiger partial charge in [0.15, 0.2) is 0 Å². The molecule has 6 nitrogen and oxygen atoms in total. The number of aliphatic hydroxyl groups is 2. The Morgan fingerprint density at radius 1 is 1.06 bits per heavy atom. The molecule has 2 aliphatic rings. The van der Waals surface area contributed by atoms with Gasteiger partial charge in [0.25, 0.3) is 0 Å². The molecule has 1 aliphatic heterocycles. The van der Waals surface area contributed by atoms with Crippen LogP contribution in [-0.2, 0) is 9.59 Å². The molecule has 2 fully saturated rings. The molecule has 33 heavy (non-hydrogen) atoms. The van der Waals surface area contributed by atoms with Crippen molar-refractivity contribution in [2.75, 3.05) is 0 Å². The maximum Gasteiger partial charge on any atom is 0.304 e. The number of aliphatic hydroxyl groups excluding tert-OH is 2. The Labute approximate surface area is 202 Å². The fourth-order valence-electron chi connectivity index (χ4n) is 5.49. The molecule has 8 heteroatoms. The first-order valence-electron chi connectivity index (χ1n) is 11.0. The Morgan fingerprint density at radius 2 is 1.76 bits per heavy atom. The van der Waals surface area contributed by atoms with Crippen LogP contribution < -0.4 is 0 Å². The van der Waals surface area contributed by atoms with E-state index < -0.39 is 35.7 Å². The smallest absolute Gasteiger partial charge is 0.304 e. The molecule has 4 rings (SSSR count). The van der Waals surface area contributed by atoms with Crippen LogP contribution in [0.4, 0.5) is 0 Å². The van der Waals surface area contributed by atoms with Crippen LogP contribution in [0.3, 0.4) is 0 Å². The van der Waals surface area contributed by atoms with E-state index in [1.807, 2.05) is 30.3 Å². The molecule has 2 aromatic carbocycles. The number of benzene rings is 2. The molecule has 1 aliphatic carbocycles. The lowest BCUT2D eigenvalue weighted by molar-refractivity contribution is -0.163. The number of piperidine rings is 1. The van der Waals surface area contributed by atoms with E-state index in [2.05, 4.69) is 0 Å². The van der Waals surface area contributed by atoms with Crippen LogP contribution in [0.15, 0.2) is 48.5 Å². The third kappa shape index (κ3) is 4.62. The third-order valence-corrected chi connectivity index (χ3v) is 7.52. The van der Waals surface area contributed by atoms with Crippen molar-refractivity contribution in [3.8, 4) is 0 Å². The molecule has 1 saturated heterocycles. The summed E-state index contributed by atoms with van der Waals surface area (Å²) in [6.45, 7) is 1.67. The molecule has 2 aromatic rings. The zero-order valence-corrected chi connectivity index (χ0v) is 19.7. The number of carboxylic acids is 1. The molecule has 6 atom stereocenters. The lowest BCUT2D eigenvalue weighted by Gasteiger charge is -2.52. The predicted octanol–water partition coefficient (Wildman–Crippen LogP) is 4.42. The third-order valence-electron chi connectivity index (χ3n) is 7.04. The van der Waals surface area contributed by atoms with Gasteiger partial charge in [-0.15, -0.1) is 0 Å². The molecule has 0 spiro atoms. The van der Waals surface area contributed by atoms with E-state index in [-0.39, 0.29) is 18.2 Å². The second-order valence-corrected chi connectivity index (χ2v) is 10.3. The number of halogens is 2. The van der Waals surface area contributed by atoms with Crippen molar-refractivity contribution >= 4 is 35.1 Å². The van der Waals surface area contributed by atoms with Gasteiger partial charge in [0.1, 0.15) is 6.10 Å². The first-order valence-corrected chi connectivity index (χ1v) is 11.8. The Balaban J connectivity index is 1.90. The number of amides is 1. The van der Waals surface area contributed by atoms with Gasteiger partial charge in [-0.2, -0.15) is 0 Å². The topological polar surface area (TPSA) is 98.1 Å². The number of carboxylic acid groups (broad SMARTS) is 1. The standard InChI is InChI=1S/C25H27Cl2NO5/c1-25(13-21(30)31)12-18(15-3-2-4-17(27)11-15)22(14-5-7-16(26)8-6-14)28(24(25)33)19-9-10-20(29)23(19)32/h2-8,11,18-20,22-23,29,32H,9-10,12-13H2,1H3,(H,30,31)/t18-,19+,20-,22-,23+,25+/m1/s1. The largest absolute Gasteiger partial charge is 0.481 e. The van der Waals surface area contributed by atoms with E-state index in [4.69, 9.17) is 23.2 Å². The summed E-state index contributed by atoms with van der Waals surface area (Å²) >= 11 is 12.4. The zero-order chi connectivity index (χ0) is 23.9. The van der Waals surface area contributed by atoms with Gasteiger partial charge in [0.05, 0.1) is 30.0 Å². The van der Waals surface area contributed by atoms with Gasteiger partial charge < -0.3 is 20.2 Å². The highest BCUT2D eigenvalue weighted by atomic mass is 35.5. The van der Waals surface area contributed by atoms with E-state index in [9.17, 15) is 24.9 Å². The molecule has 1 saturated carbocycles. The van der Waals surface area contributed by atoms with Gasteiger partial charge in [-0.05, 0) is 54.7 Å². The summed E-state index contributed by atoms with van der Waals surface area (Å²) in [5.41, 5.74) is 0.517. The van der Waals surface area contributed by atoms with Crippen molar-refractivity contribution in [2.24, 2.45) is 5.41 Å². The lowest BCUT2D eigenvalue weighted by atomic mass is 9.67. The van der Waals surface area contributed by atoms with E-state index >= 15 is 0 Å². The van der Waals surface area contributed by atoms with Crippen molar-refractivity contribution in [1.29, 1.82) is 0 Å². The minimum absolute atomic E-state index is 0.281. The number of hydrogen-bond acceptors (Lipinski definition) is 4. The summed E-state index contributed by atoms with van der Waals surface area (Å²) in [6, 6.07) is 13.4. The summed E-state index contributed by atoms with van der Waals surface area (Å²) in [5, 5.41) is 31.8. The Morgan fingerprint density at radius 3 is 2.33 bits per heavy atom. The SMILES string of the molecule is C[C@@]1(CC(=O)O)C[C@H](c2cccc(Cl)c2)[C@@H](c2ccc(Cl)cc2)N([C@H]2CC[C@@H](O)[C@H]2O)C1=O. The van der Waals surface area contributed by atoms with Crippen LogP contribution in [0.2, 0.25) is 10.0 Å².